The molecule has 0 spiro atoms. The molecule has 0 unspecified atom stereocenters. The SMILES string of the molecule is CCCNc1ncnc(N(CC)C(C)C)c1OC. The number of aromatic nitrogens is 2. The molecule has 1 N–H and O–H groups in total. The zero-order valence-corrected chi connectivity index (χ0v) is 12.0. The summed E-state index contributed by atoms with van der Waals surface area (Å²) in [5.41, 5.74) is 0. The molecule has 1 aromatic rings. The first-order valence-electron chi connectivity index (χ1n) is 6.55. The number of ether oxygens (including phenoxy) is 1. The molecular formula is C13H24N4O. The number of anilines is 2. The molecule has 0 amide bonds. The first-order valence-corrected chi connectivity index (χ1v) is 6.55. The highest BCUT2D eigenvalue weighted by Crippen LogP contribution is 2.32. The Bertz CT molecular complexity index is 368. The number of nitrogens with zero attached hydrogens (tertiary/aromatic N) is 3. The van der Waals surface area contributed by atoms with E-state index in [4.69, 9.17) is 4.74 Å². The van der Waals surface area contributed by atoms with Crippen LogP contribution in [0.15, 0.2) is 6.33 Å². The lowest BCUT2D eigenvalue weighted by molar-refractivity contribution is 0.411. The van der Waals surface area contributed by atoms with Crippen LogP contribution in [0.1, 0.15) is 34.1 Å². The zero-order chi connectivity index (χ0) is 13.5. The first-order chi connectivity index (χ1) is 8.65. The molecule has 5 nitrogen and oxygen atoms in total. The summed E-state index contributed by atoms with van der Waals surface area (Å²) >= 11 is 0. The Labute approximate surface area is 110 Å². The van der Waals surface area contributed by atoms with E-state index in [2.05, 4.69) is 47.9 Å². The van der Waals surface area contributed by atoms with Gasteiger partial charge in [0.2, 0.25) is 5.75 Å². The number of methoxy groups -OCH3 is 1. The molecule has 0 radical (unpaired) electrons. The van der Waals surface area contributed by atoms with Gasteiger partial charge in [0.15, 0.2) is 11.6 Å². The van der Waals surface area contributed by atoms with E-state index in [9.17, 15) is 0 Å². The maximum atomic E-state index is 5.48. The van der Waals surface area contributed by atoms with E-state index < -0.39 is 0 Å². The molecule has 0 bridgehead atoms. The van der Waals surface area contributed by atoms with Crippen LogP contribution >= 0.6 is 0 Å². The monoisotopic (exact) mass is 252 g/mol. The predicted molar refractivity (Wildman–Crippen MR) is 75.5 cm³/mol. The Balaban J connectivity index is 3.10. The number of rotatable bonds is 7. The molecule has 0 saturated heterocycles. The van der Waals surface area contributed by atoms with Crippen molar-refractivity contribution in [3.05, 3.63) is 6.33 Å². The minimum absolute atomic E-state index is 0.373. The number of nitrogens with one attached hydrogen (secondary N) is 1. The molecule has 18 heavy (non-hydrogen) atoms. The van der Waals surface area contributed by atoms with Crippen LogP contribution in [0, 0.1) is 0 Å². The van der Waals surface area contributed by atoms with E-state index >= 15 is 0 Å². The molecule has 1 aromatic heterocycles. The summed E-state index contributed by atoms with van der Waals surface area (Å²) in [6.45, 7) is 10.3. The van der Waals surface area contributed by atoms with Crippen LogP contribution in [0.3, 0.4) is 0 Å². The summed E-state index contributed by atoms with van der Waals surface area (Å²) < 4.78 is 5.48. The lowest BCUT2D eigenvalue weighted by Crippen LogP contribution is -2.31. The highest BCUT2D eigenvalue weighted by Gasteiger charge is 2.18. The number of hydrogen-bond donors (Lipinski definition) is 1. The van der Waals surface area contributed by atoms with Crippen LogP contribution in [0.25, 0.3) is 0 Å². The molecular weight excluding hydrogens is 228 g/mol. The summed E-state index contributed by atoms with van der Waals surface area (Å²) in [6, 6.07) is 0.373. The molecule has 0 aromatic carbocycles. The second kappa shape index (κ2) is 7.03. The largest absolute Gasteiger partial charge is 0.490 e. The van der Waals surface area contributed by atoms with Crippen molar-refractivity contribution < 1.29 is 4.74 Å². The Morgan fingerprint density at radius 1 is 1.33 bits per heavy atom. The van der Waals surface area contributed by atoms with Crippen molar-refractivity contribution in [3.63, 3.8) is 0 Å². The van der Waals surface area contributed by atoms with Crippen LogP contribution in [-0.4, -0.2) is 36.2 Å². The lowest BCUT2D eigenvalue weighted by atomic mass is 10.3. The second-order valence-corrected chi connectivity index (χ2v) is 4.39. The molecule has 5 heteroatoms. The van der Waals surface area contributed by atoms with E-state index in [1.54, 1.807) is 13.4 Å². The minimum atomic E-state index is 0.373. The molecule has 0 atom stereocenters. The topological polar surface area (TPSA) is 50.3 Å². The molecule has 102 valence electrons. The molecule has 1 heterocycles. The third-order valence-electron chi connectivity index (χ3n) is 2.77. The third-order valence-corrected chi connectivity index (χ3v) is 2.77. The maximum absolute atomic E-state index is 5.48. The lowest BCUT2D eigenvalue weighted by Gasteiger charge is -2.28. The van der Waals surface area contributed by atoms with Gasteiger partial charge in [0.25, 0.3) is 0 Å². The molecule has 0 fully saturated rings. The van der Waals surface area contributed by atoms with Gasteiger partial charge in [-0.05, 0) is 27.2 Å². The van der Waals surface area contributed by atoms with Crippen LogP contribution in [0.4, 0.5) is 11.6 Å². The van der Waals surface area contributed by atoms with Crippen molar-refractivity contribution in [2.24, 2.45) is 0 Å². The average Bonchev–Trinajstić information content (AvgIpc) is 2.36. The summed E-state index contributed by atoms with van der Waals surface area (Å²) in [6.07, 6.45) is 2.63. The van der Waals surface area contributed by atoms with Crippen molar-refractivity contribution in [3.8, 4) is 5.75 Å². The van der Waals surface area contributed by atoms with Gasteiger partial charge < -0.3 is 15.0 Å². The van der Waals surface area contributed by atoms with Crippen molar-refractivity contribution >= 4 is 11.6 Å². The van der Waals surface area contributed by atoms with Crippen molar-refractivity contribution in [1.29, 1.82) is 0 Å². The van der Waals surface area contributed by atoms with Gasteiger partial charge >= 0.3 is 0 Å². The predicted octanol–water partition coefficient (Wildman–Crippen LogP) is 2.54. The Morgan fingerprint density at radius 2 is 2.06 bits per heavy atom. The fraction of sp³-hybridized carbons (Fsp3) is 0.692. The van der Waals surface area contributed by atoms with Gasteiger partial charge in [0.1, 0.15) is 6.33 Å². The smallest absolute Gasteiger partial charge is 0.204 e. The third kappa shape index (κ3) is 3.24. The van der Waals surface area contributed by atoms with Gasteiger partial charge in [-0.15, -0.1) is 0 Å². The second-order valence-electron chi connectivity index (χ2n) is 4.39. The van der Waals surface area contributed by atoms with Gasteiger partial charge in [0, 0.05) is 19.1 Å². The minimum Gasteiger partial charge on any atom is -0.490 e. The van der Waals surface area contributed by atoms with Crippen molar-refractivity contribution in [2.75, 3.05) is 30.4 Å². The van der Waals surface area contributed by atoms with Crippen LogP contribution in [0.2, 0.25) is 0 Å². The van der Waals surface area contributed by atoms with Gasteiger partial charge in [0.05, 0.1) is 7.11 Å². The molecule has 0 aliphatic heterocycles. The first kappa shape index (κ1) is 14.5. The van der Waals surface area contributed by atoms with Crippen LogP contribution < -0.4 is 15.0 Å². The van der Waals surface area contributed by atoms with Gasteiger partial charge in [-0.1, -0.05) is 6.92 Å². The number of hydrogen-bond acceptors (Lipinski definition) is 5. The normalized spacial score (nSPS) is 10.6. The summed E-state index contributed by atoms with van der Waals surface area (Å²) in [5.74, 6) is 2.34. The average molecular weight is 252 g/mol. The Morgan fingerprint density at radius 3 is 2.56 bits per heavy atom. The summed E-state index contributed by atoms with van der Waals surface area (Å²) in [4.78, 5) is 10.8. The summed E-state index contributed by atoms with van der Waals surface area (Å²) in [7, 11) is 1.66. The molecule has 0 aliphatic carbocycles. The fourth-order valence-electron chi connectivity index (χ4n) is 1.89. The van der Waals surface area contributed by atoms with E-state index in [-0.39, 0.29) is 0 Å². The van der Waals surface area contributed by atoms with E-state index in [1.807, 2.05) is 0 Å². The standard InChI is InChI=1S/C13H24N4O/c1-6-8-14-12-11(18-5)13(16-9-15-12)17(7-2)10(3)4/h9-10H,6-8H2,1-5H3,(H,14,15,16). The highest BCUT2D eigenvalue weighted by molar-refractivity contribution is 5.65. The highest BCUT2D eigenvalue weighted by atomic mass is 16.5. The van der Waals surface area contributed by atoms with Crippen LogP contribution in [0.5, 0.6) is 5.75 Å². The van der Waals surface area contributed by atoms with Crippen LogP contribution in [-0.2, 0) is 0 Å². The molecule has 0 aliphatic rings. The van der Waals surface area contributed by atoms with E-state index in [1.165, 1.54) is 0 Å². The fourth-order valence-corrected chi connectivity index (χ4v) is 1.89. The molecule has 0 saturated carbocycles. The maximum Gasteiger partial charge on any atom is 0.204 e. The zero-order valence-electron chi connectivity index (χ0n) is 12.0. The van der Waals surface area contributed by atoms with Crippen molar-refractivity contribution in [1.82, 2.24) is 9.97 Å². The van der Waals surface area contributed by atoms with E-state index in [0.717, 1.165) is 36.9 Å². The summed E-state index contributed by atoms with van der Waals surface area (Å²) in [5, 5.41) is 3.27. The van der Waals surface area contributed by atoms with Gasteiger partial charge in [-0.3, -0.25) is 0 Å². The quantitative estimate of drug-likeness (QED) is 0.808. The van der Waals surface area contributed by atoms with E-state index in [0.29, 0.717) is 6.04 Å². The molecule has 1 rings (SSSR count). The Hall–Kier alpha value is -1.52. The van der Waals surface area contributed by atoms with Gasteiger partial charge in [-0.25, -0.2) is 9.97 Å². The van der Waals surface area contributed by atoms with Crippen molar-refractivity contribution in [2.45, 2.75) is 40.2 Å². The van der Waals surface area contributed by atoms with Gasteiger partial charge in [-0.2, -0.15) is 0 Å². The Kier molecular flexibility index (Phi) is 5.68.